The van der Waals surface area contributed by atoms with E-state index in [4.69, 9.17) is 15.3 Å². The lowest BCUT2D eigenvalue weighted by Gasteiger charge is -1.70. The number of hydrogen-bond acceptors (Lipinski definition) is 3. The first-order valence-electron chi connectivity index (χ1n) is 2.16. The molecule has 0 radical (unpaired) electrons. The molecule has 0 heterocycles. The summed E-state index contributed by atoms with van der Waals surface area (Å²) in [5.74, 6) is 0. The van der Waals surface area contributed by atoms with Crippen LogP contribution in [-0.4, -0.2) is 40.6 Å². The Morgan fingerprint density at radius 1 is 1.00 bits per heavy atom. The molecule has 5 N–H and O–H groups in total. The fourth-order valence-corrected chi connectivity index (χ4v) is 0. The van der Waals surface area contributed by atoms with E-state index in [1.165, 1.54) is 0 Å². The lowest BCUT2D eigenvalue weighted by Crippen LogP contribution is -1.85. The summed E-state index contributed by atoms with van der Waals surface area (Å²) in [4.78, 5) is 0. The van der Waals surface area contributed by atoms with Crippen LogP contribution in [0.3, 0.4) is 0 Å². The van der Waals surface area contributed by atoms with Crippen LogP contribution in [0.15, 0.2) is 0 Å². The van der Waals surface area contributed by atoms with E-state index >= 15 is 0 Å². The van der Waals surface area contributed by atoms with E-state index in [-0.39, 0.29) is 25.3 Å². The third kappa shape index (κ3) is 194. The first-order chi connectivity index (χ1) is 3.33. The van der Waals surface area contributed by atoms with Gasteiger partial charge in [-0.3, -0.25) is 0 Å². The second kappa shape index (κ2) is 28.9. The molecule has 0 unspecified atom stereocenters. The van der Waals surface area contributed by atoms with E-state index in [0.717, 1.165) is 0 Å². The molecule has 0 aliphatic rings. The van der Waals surface area contributed by atoms with Crippen LogP contribution in [0, 0.1) is 0 Å². The fraction of sp³-hybridized carbons (Fsp3) is 1.00. The third-order valence-corrected chi connectivity index (χ3v) is 0.1000. The molecule has 0 atom stereocenters. The fourth-order valence-electron chi connectivity index (χ4n) is 0. The van der Waals surface area contributed by atoms with Gasteiger partial charge in [0.25, 0.3) is 0 Å². The van der Waals surface area contributed by atoms with Crippen molar-refractivity contribution in [2.45, 2.75) is 6.92 Å². The van der Waals surface area contributed by atoms with Crippen LogP contribution in [0.1, 0.15) is 6.92 Å². The highest BCUT2D eigenvalue weighted by atomic mass is 16.3. The molecule has 0 saturated carbocycles. The maximum atomic E-state index is 7.62. The van der Waals surface area contributed by atoms with Crippen molar-refractivity contribution < 1.29 is 20.8 Å². The lowest BCUT2D eigenvalue weighted by atomic mass is 10.8. The molecule has 4 nitrogen and oxygen atoms in total. The highest BCUT2D eigenvalue weighted by Gasteiger charge is 1.58. The second-order valence-electron chi connectivity index (χ2n) is 0.763. The monoisotopic (exact) mass is 126 g/mol. The van der Waals surface area contributed by atoms with Gasteiger partial charge < -0.3 is 20.8 Å². The van der Waals surface area contributed by atoms with Gasteiger partial charge in [-0.1, -0.05) is 0 Å². The quantitative estimate of drug-likeness (QED) is 0.385. The van der Waals surface area contributed by atoms with Gasteiger partial charge in [0, 0.05) is 6.61 Å². The van der Waals surface area contributed by atoms with Crippen LogP contribution in [0.5, 0.6) is 0 Å². The highest BCUT2D eigenvalue weighted by Crippen LogP contribution is 1.39. The van der Waals surface area contributed by atoms with Crippen LogP contribution in [0.4, 0.5) is 0 Å². The Labute approximate surface area is 48.7 Å². The molecule has 4 heteroatoms. The minimum absolute atomic E-state index is 0. The SMILES string of the molecule is CCO.O.OCCO. The zero-order valence-electron chi connectivity index (χ0n) is 4.96. The van der Waals surface area contributed by atoms with Gasteiger partial charge >= 0.3 is 0 Å². The van der Waals surface area contributed by atoms with Crippen molar-refractivity contribution in [1.82, 2.24) is 0 Å². The van der Waals surface area contributed by atoms with Crippen molar-refractivity contribution in [3.8, 4) is 0 Å². The molecule has 0 aromatic heterocycles. The Balaban J connectivity index is -0.0000000575. The van der Waals surface area contributed by atoms with Gasteiger partial charge in [0.2, 0.25) is 0 Å². The molecular formula is C4H14O4. The first kappa shape index (κ1) is 15.7. The topological polar surface area (TPSA) is 92.2 Å². The van der Waals surface area contributed by atoms with E-state index < -0.39 is 0 Å². The summed E-state index contributed by atoms with van der Waals surface area (Å²) in [6.07, 6.45) is 0. The van der Waals surface area contributed by atoms with Crippen LogP contribution < -0.4 is 0 Å². The maximum Gasteiger partial charge on any atom is 0.0662 e. The van der Waals surface area contributed by atoms with Gasteiger partial charge in [-0.05, 0) is 6.92 Å². The Kier molecular flexibility index (Phi) is 56.6. The summed E-state index contributed by atoms with van der Waals surface area (Å²) in [7, 11) is 0. The standard InChI is InChI=1S/C2H6O2.C2H6O.H2O/c3-1-2-4;1-2-3;/h3-4H,1-2H2;3H,2H2,1H3;1H2. The van der Waals surface area contributed by atoms with E-state index in [9.17, 15) is 0 Å². The van der Waals surface area contributed by atoms with Gasteiger partial charge in [-0.25, -0.2) is 0 Å². The average molecular weight is 126 g/mol. The number of aliphatic hydroxyl groups is 3. The highest BCUT2D eigenvalue weighted by molar-refractivity contribution is 4.06. The van der Waals surface area contributed by atoms with Crippen molar-refractivity contribution in [1.29, 1.82) is 0 Å². The van der Waals surface area contributed by atoms with E-state index in [1.807, 2.05) is 0 Å². The zero-order valence-corrected chi connectivity index (χ0v) is 4.96. The second-order valence-corrected chi connectivity index (χ2v) is 0.763. The van der Waals surface area contributed by atoms with Crippen LogP contribution >= 0.6 is 0 Å². The Morgan fingerprint density at radius 2 is 1.12 bits per heavy atom. The minimum Gasteiger partial charge on any atom is -0.412 e. The van der Waals surface area contributed by atoms with Gasteiger partial charge in [-0.15, -0.1) is 0 Å². The number of hydrogen-bond donors (Lipinski definition) is 3. The molecule has 0 aromatic rings. The lowest BCUT2D eigenvalue weighted by molar-refractivity contribution is 0.186. The molecule has 54 valence electrons. The molecule has 0 bridgehead atoms. The Bertz CT molecular complexity index is 15.5. The maximum absolute atomic E-state index is 7.62. The van der Waals surface area contributed by atoms with Gasteiger partial charge in [0.05, 0.1) is 13.2 Å². The van der Waals surface area contributed by atoms with Crippen LogP contribution in [-0.2, 0) is 0 Å². The molecule has 0 aliphatic heterocycles. The molecule has 0 aliphatic carbocycles. The Hall–Kier alpha value is -0.160. The molecule has 0 fully saturated rings. The van der Waals surface area contributed by atoms with Crippen molar-refractivity contribution >= 4 is 0 Å². The first-order valence-corrected chi connectivity index (χ1v) is 2.16. The van der Waals surface area contributed by atoms with Crippen molar-refractivity contribution in [2.24, 2.45) is 0 Å². The van der Waals surface area contributed by atoms with Crippen molar-refractivity contribution in [3.63, 3.8) is 0 Å². The summed E-state index contributed by atoms with van der Waals surface area (Å²) in [6, 6.07) is 0. The minimum atomic E-state index is -0.125. The summed E-state index contributed by atoms with van der Waals surface area (Å²) < 4.78 is 0. The summed E-state index contributed by atoms with van der Waals surface area (Å²) >= 11 is 0. The van der Waals surface area contributed by atoms with E-state index in [1.54, 1.807) is 6.92 Å². The van der Waals surface area contributed by atoms with Crippen LogP contribution in [0.25, 0.3) is 0 Å². The largest absolute Gasteiger partial charge is 0.412 e. The average Bonchev–Trinajstić information content (AvgIpc) is 1.69. The van der Waals surface area contributed by atoms with E-state index in [2.05, 4.69) is 0 Å². The summed E-state index contributed by atoms with van der Waals surface area (Å²) in [6.45, 7) is 1.68. The van der Waals surface area contributed by atoms with Crippen molar-refractivity contribution in [3.05, 3.63) is 0 Å². The zero-order chi connectivity index (χ0) is 6.12. The number of rotatable bonds is 1. The predicted octanol–water partition coefficient (Wildman–Crippen LogP) is -1.86. The smallest absolute Gasteiger partial charge is 0.0662 e. The molecular weight excluding hydrogens is 112 g/mol. The van der Waals surface area contributed by atoms with Gasteiger partial charge in [0.15, 0.2) is 0 Å². The normalized spacial score (nSPS) is 6.00. The molecule has 8 heavy (non-hydrogen) atoms. The molecule has 0 aromatic carbocycles. The summed E-state index contributed by atoms with van der Waals surface area (Å²) in [5, 5.41) is 22.8. The van der Waals surface area contributed by atoms with Crippen molar-refractivity contribution in [2.75, 3.05) is 19.8 Å². The van der Waals surface area contributed by atoms with Crippen LogP contribution in [0.2, 0.25) is 0 Å². The van der Waals surface area contributed by atoms with Gasteiger partial charge in [-0.2, -0.15) is 0 Å². The molecule has 0 amide bonds. The third-order valence-electron chi connectivity index (χ3n) is 0.1000. The van der Waals surface area contributed by atoms with Gasteiger partial charge in [0.1, 0.15) is 0 Å². The Morgan fingerprint density at radius 3 is 1.12 bits per heavy atom. The molecule has 0 saturated heterocycles. The van der Waals surface area contributed by atoms with E-state index in [0.29, 0.717) is 0 Å². The number of aliphatic hydroxyl groups excluding tert-OH is 3. The predicted molar refractivity (Wildman–Crippen MR) is 30.5 cm³/mol. The molecule has 0 spiro atoms. The summed E-state index contributed by atoms with van der Waals surface area (Å²) in [5.41, 5.74) is 0. The molecule has 0 rings (SSSR count).